The Balaban J connectivity index is 1.19. The van der Waals surface area contributed by atoms with E-state index in [-0.39, 0.29) is 5.91 Å². The van der Waals surface area contributed by atoms with Gasteiger partial charge in [-0.3, -0.25) is 4.79 Å². The number of thioether (sulfide) groups is 1. The fourth-order valence-corrected chi connectivity index (χ4v) is 4.34. The van der Waals surface area contributed by atoms with Crippen LogP contribution in [-0.2, 0) is 15.2 Å². The molecule has 2 saturated heterocycles. The van der Waals surface area contributed by atoms with Crippen LogP contribution in [0.25, 0.3) is 11.1 Å². The van der Waals surface area contributed by atoms with Crippen LogP contribution in [0.1, 0.15) is 29.2 Å². The number of rotatable bonds is 4. The van der Waals surface area contributed by atoms with Crippen molar-refractivity contribution in [3.05, 3.63) is 47.9 Å². The summed E-state index contributed by atoms with van der Waals surface area (Å²) >= 11 is 1.44. The third kappa shape index (κ3) is 3.43. The molecular weight excluding hydrogens is 380 g/mol. The van der Waals surface area contributed by atoms with Crippen molar-refractivity contribution in [2.45, 2.75) is 29.6 Å². The standard InChI is InChI=1S/C20H20N2O5S/c23-18(22-9-7-20(8-10-22)24-11-12-25-20)17-6-5-14(26-17)13-28-19-21-15-3-1-2-4-16(15)27-19/h1-6H,7-13H2. The molecule has 1 spiro atoms. The van der Waals surface area contributed by atoms with E-state index in [0.29, 0.717) is 61.6 Å². The number of likely N-dealkylation sites (tertiary alicyclic amines) is 1. The summed E-state index contributed by atoms with van der Waals surface area (Å²) in [5.74, 6) is 1.04. The summed E-state index contributed by atoms with van der Waals surface area (Å²) in [6.45, 7) is 2.47. The molecule has 8 heteroatoms. The Morgan fingerprint density at radius 2 is 1.86 bits per heavy atom. The number of nitrogens with zero attached hydrogens (tertiary/aromatic N) is 2. The van der Waals surface area contributed by atoms with Gasteiger partial charge in [-0.15, -0.1) is 0 Å². The number of fused-ring (bicyclic) bond motifs is 1. The first-order chi connectivity index (χ1) is 13.7. The Morgan fingerprint density at radius 1 is 1.07 bits per heavy atom. The fourth-order valence-electron chi connectivity index (χ4n) is 3.61. The molecule has 7 nitrogen and oxygen atoms in total. The van der Waals surface area contributed by atoms with Crippen molar-refractivity contribution in [3.63, 3.8) is 0 Å². The van der Waals surface area contributed by atoms with Crippen LogP contribution >= 0.6 is 11.8 Å². The van der Waals surface area contributed by atoms with E-state index in [4.69, 9.17) is 18.3 Å². The number of furan rings is 1. The van der Waals surface area contributed by atoms with Gasteiger partial charge < -0.3 is 23.2 Å². The van der Waals surface area contributed by atoms with E-state index in [1.54, 1.807) is 11.0 Å². The quantitative estimate of drug-likeness (QED) is 0.618. The SMILES string of the molecule is O=C(c1ccc(CSc2nc3ccccc3o2)o1)N1CCC2(CC1)OCCO2. The Morgan fingerprint density at radius 3 is 2.64 bits per heavy atom. The average Bonchev–Trinajstić information content (AvgIpc) is 3.46. The number of hydrogen-bond acceptors (Lipinski definition) is 7. The molecule has 2 fully saturated rings. The monoisotopic (exact) mass is 400 g/mol. The normalized spacial score (nSPS) is 18.9. The van der Waals surface area contributed by atoms with E-state index in [9.17, 15) is 4.79 Å². The van der Waals surface area contributed by atoms with Crippen LogP contribution in [0, 0.1) is 0 Å². The lowest BCUT2D eigenvalue weighted by atomic mass is 10.0. The zero-order valence-electron chi connectivity index (χ0n) is 15.3. The molecule has 146 valence electrons. The lowest BCUT2D eigenvalue weighted by Crippen LogP contribution is -2.47. The lowest BCUT2D eigenvalue weighted by molar-refractivity contribution is -0.181. The van der Waals surface area contributed by atoms with Gasteiger partial charge in [0.05, 0.1) is 19.0 Å². The van der Waals surface area contributed by atoms with Crippen molar-refractivity contribution >= 4 is 28.8 Å². The Labute approximate surface area is 166 Å². The molecule has 0 aliphatic carbocycles. The molecule has 28 heavy (non-hydrogen) atoms. The first-order valence-corrected chi connectivity index (χ1v) is 10.3. The maximum Gasteiger partial charge on any atom is 0.289 e. The molecule has 1 aromatic carbocycles. The number of para-hydroxylation sites is 2. The summed E-state index contributed by atoms with van der Waals surface area (Å²) < 4.78 is 22.9. The van der Waals surface area contributed by atoms with E-state index >= 15 is 0 Å². The number of ether oxygens (including phenoxy) is 2. The summed E-state index contributed by atoms with van der Waals surface area (Å²) in [6, 6.07) is 11.2. The summed E-state index contributed by atoms with van der Waals surface area (Å²) in [6.07, 6.45) is 1.39. The summed E-state index contributed by atoms with van der Waals surface area (Å²) in [7, 11) is 0. The second kappa shape index (κ2) is 7.27. The Hall–Kier alpha value is -2.29. The Kier molecular flexibility index (Phi) is 4.62. The predicted molar refractivity (Wildman–Crippen MR) is 102 cm³/mol. The minimum atomic E-state index is -0.485. The van der Waals surface area contributed by atoms with Crippen LogP contribution in [0.4, 0.5) is 0 Å². The molecule has 0 atom stereocenters. The molecule has 2 aliphatic heterocycles. The van der Waals surface area contributed by atoms with Gasteiger partial charge in [0.25, 0.3) is 11.1 Å². The summed E-state index contributed by atoms with van der Waals surface area (Å²) in [5, 5.41) is 0.586. The van der Waals surface area contributed by atoms with Gasteiger partial charge in [-0.05, 0) is 24.3 Å². The highest BCUT2D eigenvalue weighted by molar-refractivity contribution is 7.98. The minimum absolute atomic E-state index is 0.0917. The molecule has 3 aromatic rings. The number of oxazole rings is 1. The van der Waals surface area contributed by atoms with E-state index in [1.807, 2.05) is 30.3 Å². The maximum absolute atomic E-state index is 12.7. The van der Waals surface area contributed by atoms with Crippen molar-refractivity contribution in [3.8, 4) is 0 Å². The third-order valence-electron chi connectivity index (χ3n) is 5.11. The number of carbonyl (C=O) groups excluding carboxylic acids is 1. The number of aromatic nitrogens is 1. The highest BCUT2D eigenvalue weighted by atomic mass is 32.2. The molecule has 2 aromatic heterocycles. The highest BCUT2D eigenvalue weighted by Crippen LogP contribution is 2.32. The van der Waals surface area contributed by atoms with E-state index in [2.05, 4.69) is 4.98 Å². The van der Waals surface area contributed by atoms with Gasteiger partial charge in [-0.1, -0.05) is 23.9 Å². The topological polar surface area (TPSA) is 77.9 Å². The molecule has 1 amide bonds. The van der Waals surface area contributed by atoms with E-state index < -0.39 is 5.79 Å². The zero-order valence-corrected chi connectivity index (χ0v) is 16.1. The average molecular weight is 400 g/mol. The van der Waals surface area contributed by atoms with Crippen LogP contribution < -0.4 is 0 Å². The molecule has 0 bridgehead atoms. The summed E-state index contributed by atoms with van der Waals surface area (Å²) in [4.78, 5) is 19.0. The van der Waals surface area contributed by atoms with Crippen molar-refractivity contribution in [2.24, 2.45) is 0 Å². The van der Waals surface area contributed by atoms with Gasteiger partial charge in [-0.2, -0.15) is 0 Å². The fraction of sp³-hybridized carbons (Fsp3) is 0.400. The maximum atomic E-state index is 12.7. The number of benzene rings is 1. The molecule has 0 saturated carbocycles. The van der Waals surface area contributed by atoms with Crippen molar-refractivity contribution in [2.75, 3.05) is 26.3 Å². The van der Waals surface area contributed by atoms with Gasteiger partial charge in [-0.25, -0.2) is 4.98 Å². The number of amides is 1. The molecule has 4 heterocycles. The Bertz CT molecular complexity index is 948. The molecule has 0 N–H and O–H groups in total. The number of carbonyl (C=O) groups is 1. The van der Waals surface area contributed by atoms with E-state index in [1.165, 1.54) is 11.8 Å². The molecule has 0 radical (unpaired) electrons. The second-order valence-electron chi connectivity index (χ2n) is 6.90. The first-order valence-electron chi connectivity index (χ1n) is 9.35. The van der Waals surface area contributed by atoms with Gasteiger partial charge in [0, 0.05) is 25.9 Å². The molecule has 2 aliphatic rings. The third-order valence-corrected chi connectivity index (χ3v) is 5.96. The van der Waals surface area contributed by atoms with Crippen LogP contribution in [0.2, 0.25) is 0 Å². The van der Waals surface area contributed by atoms with Gasteiger partial charge in [0.15, 0.2) is 17.1 Å². The lowest BCUT2D eigenvalue weighted by Gasteiger charge is -2.37. The van der Waals surface area contributed by atoms with Crippen LogP contribution in [0.5, 0.6) is 0 Å². The zero-order chi connectivity index (χ0) is 19.0. The number of piperidine rings is 1. The van der Waals surface area contributed by atoms with Crippen molar-refractivity contribution in [1.29, 1.82) is 0 Å². The smallest absolute Gasteiger partial charge is 0.289 e. The van der Waals surface area contributed by atoms with Gasteiger partial charge in [0.2, 0.25) is 0 Å². The molecule has 0 unspecified atom stereocenters. The van der Waals surface area contributed by atoms with Crippen molar-refractivity contribution < 1.29 is 23.1 Å². The number of hydrogen-bond donors (Lipinski definition) is 0. The summed E-state index contributed by atoms with van der Waals surface area (Å²) in [5.41, 5.74) is 1.59. The molecule has 5 rings (SSSR count). The largest absolute Gasteiger partial charge is 0.455 e. The first kappa shape index (κ1) is 17.8. The predicted octanol–water partition coefficient (Wildman–Crippen LogP) is 3.69. The van der Waals surface area contributed by atoms with Crippen LogP contribution in [0.15, 0.2) is 50.5 Å². The van der Waals surface area contributed by atoms with Crippen molar-refractivity contribution in [1.82, 2.24) is 9.88 Å². The van der Waals surface area contributed by atoms with E-state index in [0.717, 1.165) is 11.1 Å². The second-order valence-corrected chi connectivity index (χ2v) is 7.83. The highest BCUT2D eigenvalue weighted by Gasteiger charge is 2.41. The van der Waals surface area contributed by atoms with Gasteiger partial charge >= 0.3 is 0 Å². The minimum Gasteiger partial charge on any atom is -0.455 e. The van der Waals surface area contributed by atoms with Crippen LogP contribution in [-0.4, -0.2) is 47.9 Å². The molecular formula is C20H20N2O5S. The van der Waals surface area contributed by atoms with Crippen LogP contribution in [0.3, 0.4) is 0 Å². The van der Waals surface area contributed by atoms with Gasteiger partial charge in [0.1, 0.15) is 11.3 Å².